The Balaban J connectivity index is 1.78. The Kier molecular flexibility index (Phi) is 8.20. The van der Waals surface area contributed by atoms with E-state index in [1.54, 1.807) is 28.8 Å². The summed E-state index contributed by atoms with van der Waals surface area (Å²) in [5.74, 6) is -0.753. The average Bonchev–Trinajstić information content (AvgIpc) is 3.53. The maximum absolute atomic E-state index is 14.6. The van der Waals surface area contributed by atoms with Crippen molar-refractivity contribution in [1.29, 1.82) is 0 Å². The number of amides is 1. The fourth-order valence-electron chi connectivity index (χ4n) is 4.29. The lowest BCUT2D eigenvalue weighted by molar-refractivity contribution is -0.133. The van der Waals surface area contributed by atoms with E-state index < -0.39 is 11.6 Å². The molecule has 36 heavy (non-hydrogen) atoms. The molecule has 0 spiro atoms. The van der Waals surface area contributed by atoms with Crippen molar-refractivity contribution >= 4 is 5.91 Å². The number of halogens is 2. The Morgan fingerprint density at radius 2 is 1.97 bits per heavy atom. The van der Waals surface area contributed by atoms with Crippen molar-refractivity contribution in [3.63, 3.8) is 0 Å². The second kappa shape index (κ2) is 11.5. The van der Waals surface area contributed by atoms with E-state index >= 15 is 0 Å². The summed E-state index contributed by atoms with van der Waals surface area (Å²) in [6, 6.07) is 10.3. The van der Waals surface area contributed by atoms with E-state index in [0.29, 0.717) is 48.7 Å². The summed E-state index contributed by atoms with van der Waals surface area (Å²) in [5, 5.41) is 4.75. The van der Waals surface area contributed by atoms with Crippen LogP contribution in [-0.4, -0.2) is 47.0 Å². The standard InChI is InChI=1S/C27H31F2N3O4/c1-4-24-22(17-31(26(33)5-2)16-21-7-6-14-35-21)27(36-25-13-8-18(28)15-23(25)29)32(30-24)19-9-11-20(34-3)12-10-19/h8-13,15,21H,4-7,14,16-17H2,1-3H3. The second-order valence-corrected chi connectivity index (χ2v) is 8.63. The van der Waals surface area contributed by atoms with Crippen molar-refractivity contribution < 1.29 is 27.8 Å². The van der Waals surface area contributed by atoms with E-state index in [1.807, 2.05) is 26.0 Å². The molecule has 1 saturated heterocycles. The maximum atomic E-state index is 14.6. The monoisotopic (exact) mass is 499 g/mol. The highest BCUT2D eigenvalue weighted by molar-refractivity contribution is 5.76. The molecule has 7 nitrogen and oxygen atoms in total. The van der Waals surface area contributed by atoms with Crippen LogP contribution in [0.4, 0.5) is 8.78 Å². The maximum Gasteiger partial charge on any atom is 0.228 e. The largest absolute Gasteiger partial charge is 0.497 e. The van der Waals surface area contributed by atoms with Crippen LogP contribution in [0.2, 0.25) is 0 Å². The quantitative estimate of drug-likeness (QED) is 0.372. The normalized spacial score (nSPS) is 15.2. The van der Waals surface area contributed by atoms with Gasteiger partial charge >= 0.3 is 0 Å². The minimum absolute atomic E-state index is 0.0244. The van der Waals surface area contributed by atoms with Gasteiger partial charge in [-0.2, -0.15) is 5.10 Å². The number of carbonyl (C=O) groups is 1. The molecule has 0 N–H and O–H groups in total. The van der Waals surface area contributed by atoms with Crippen LogP contribution in [-0.2, 0) is 22.5 Å². The van der Waals surface area contributed by atoms with Gasteiger partial charge in [0.05, 0.1) is 36.7 Å². The molecule has 0 aliphatic carbocycles. The first-order valence-electron chi connectivity index (χ1n) is 12.2. The molecule has 1 aliphatic rings. The highest BCUT2D eigenvalue weighted by Gasteiger charge is 2.27. The highest BCUT2D eigenvalue weighted by atomic mass is 19.1. The van der Waals surface area contributed by atoms with Gasteiger partial charge in [0.25, 0.3) is 0 Å². The van der Waals surface area contributed by atoms with Crippen molar-refractivity contribution in [3.8, 4) is 23.1 Å². The third-order valence-electron chi connectivity index (χ3n) is 6.22. The molecule has 9 heteroatoms. The number of hydrogen-bond donors (Lipinski definition) is 0. The first-order chi connectivity index (χ1) is 17.4. The second-order valence-electron chi connectivity index (χ2n) is 8.63. The van der Waals surface area contributed by atoms with E-state index in [0.717, 1.165) is 25.0 Å². The molecule has 1 fully saturated rings. The molecule has 1 unspecified atom stereocenters. The van der Waals surface area contributed by atoms with Gasteiger partial charge < -0.3 is 19.1 Å². The molecule has 0 saturated carbocycles. The van der Waals surface area contributed by atoms with Crippen molar-refractivity contribution in [3.05, 3.63) is 65.4 Å². The summed E-state index contributed by atoms with van der Waals surface area (Å²) in [6.07, 6.45) is 2.73. The molecule has 1 aliphatic heterocycles. The lowest BCUT2D eigenvalue weighted by Crippen LogP contribution is -2.36. The van der Waals surface area contributed by atoms with Gasteiger partial charge in [-0.25, -0.2) is 13.5 Å². The third kappa shape index (κ3) is 5.67. The minimum atomic E-state index is -0.831. The summed E-state index contributed by atoms with van der Waals surface area (Å²) in [5.41, 5.74) is 2.04. The van der Waals surface area contributed by atoms with E-state index in [9.17, 15) is 13.6 Å². The van der Waals surface area contributed by atoms with Gasteiger partial charge in [-0.3, -0.25) is 4.79 Å². The molecule has 4 rings (SSSR count). The molecule has 0 radical (unpaired) electrons. The van der Waals surface area contributed by atoms with Crippen molar-refractivity contribution in [2.24, 2.45) is 0 Å². The van der Waals surface area contributed by atoms with E-state index in [-0.39, 0.29) is 30.2 Å². The van der Waals surface area contributed by atoms with E-state index in [2.05, 4.69) is 0 Å². The van der Waals surface area contributed by atoms with Crippen LogP contribution in [0.5, 0.6) is 17.4 Å². The summed E-state index contributed by atoms with van der Waals surface area (Å²) >= 11 is 0. The van der Waals surface area contributed by atoms with Gasteiger partial charge in [0.15, 0.2) is 11.6 Å². The zero-order valence-electron chi connectivity index (χ0n) is 20.8. The molecule has 192 valence electrons. The number of aromatic nitrogens is 2. The highest BCUT2D eigenvalue weighted by Crippen LogP contribution is 2.34. The molecule has 2 aromatic carbocycles. The van der Waals surface area contributed by atoms with Crippen molar-refractivity contribution in [1.82, 2.24) is 14.7 Å². The van der Waals surface area contributed by atoms with Crippen LogP contribution < -0.4 is 9.47 Å². The molecule has 1 aromatic heterocycles. The minimum Gasteiger partial charge on any atom is -0.497 e. The van der Waals surface area contributed by atoms with Crippen LogP contribution in [0.1, 0.15) is 44.4 Å². The van der Waals surface area contributed by atoms with Crippen LogP contribution in [0.25, 0.3) is 5.69 Å². The first kappa shape index (κ1) is 25.6. The summed E-state index contributed by atoms with van der Waals surface area (Å²) in [4.78, 5) is 14.6. The summed E-state index contributed by atoms with van der Waals surface area (Å²) in [6.45, 7) is 5.14. The number of hydrogen-bond acceptors (Lipinski definition) is 5. The van der Waals surface area contributed by atoms with Gasteiger partial charge in [0, 0.05) is 25.6 Å². The molecule has 1 amide bonds. The average molecular weight is 500 g/mol. The summed E-state index contributed by atoms with van der Waals surface area (Å²) in [7, 11) is 1.58. The van der Waals surface area contributed by atoms with Crippen molar-refractivity contribution in [2.75, 3.05) is 20.3 Å². The number of carbonyl (C=O) groups excluding carboxylic acids is 1. The molecule has 2 heterocycles. The molecular formula is C27H31F2N3O4. The zero-order chi connectivity index (χ0) is 25.7. The van der Waals surface area contributed by atoms with Crippen LogP contribution in [0.3, 0.4) is 0 Å². The van der Waals surface area contributed by atoms with Crippen molar-refractivity contribution in [2.45, 2.75) is 52.2 Å². The number of aryl methyl sites for hydroxylation is 1. The Labute approximate surface area is 209 Å². The molecule has 1 atom stereocenters. The predicted molar refractivity (Wildman–Crippen MR) is 131 cm³/mol. The lowest BCUT2D eigenvalue weighted by atomic mass is 10.1. The van der Waals surface area contributed by atoms with Crippen LogP contribution in [0.15, 0.2) is 42.5 Å². The van der Waals surface area contributed by atoms with Gasteiger partial charge in [-0.1, -0.05) is 13.8 Å². The SMILES string of the molecule is CCC(=O)N(Cc1c(CC)nn(-c2ccc(OC)cc2)c1Oc1ccc(F)cc1F)CC1CCCO1. The predicted octanol–water partition coefficient (Wildman–Crippen LogP) is 5.43. The Morgan fingerprint density at radius 3 is 2.58 bits per heavy atom. The van der Waals surface area contributed by atoms with Gasteiger partial charge in [0.1, 0.15) is 11.6 Å². The zero-order valence-corrected chi connectivity index (χ0v) is 20.8. The number of rotatable bonds is 10. The number of ether oxygens (including phenoxy) is 3. The fraction of sp³-hybridized carbons (Fsp3) is 0.407. The number of methoxy groups -OCH3 is 1. The van der Waals surface area contributed by atoms with E-state index in [4.69, 9.17) is 19.3 Å². The molecule has 3 aromatic rings. The van der Waals surface area contributed by atoms with Gasteiger partial charge in [0.2, 0.25) is 11.8 Å². The Bertz CT molecular complexity index is 1190. The first-order valence-corrected chi connectivity index (χ1v) is 12.2. The molecule has 0 bridgehead atoms. The fourth-order valence-corrected chi connectivity index (χ4v) is 4.29. The van der Waals surface area contributed by atoms with Gasteiger partial charge in [-0.05, 0) is 55.7 Å². The van der Waals surface area contributed by atoms with Crippen LogP contribution >= 0.6 is 0 Å². The van der Waals surface area contributed by atoms with Gasteiger partial charge in [-0.15, -0.1) is 0 Å². The van der Waals surface area contributed by atoms with E-state index in [1.165, 1.54) is 6.07 Å². The van der Waals surface area contributed by atoms with Crippen LogP contribution in [0, 0.1) is 11.6 Å². The third-order valence-corrected chi connectivity index (χ3v) is 6.22. The Hall–Kier alpha value is -3.46. The molecular weight excluding hydrogens is 468 g/mol. The number of benzene rings is 2. The smallest absolute Gasteiger partial charge is 0.228 e. The topological polar surface area (TPSA) is 65.8 Å². The lowest BCUT2D eigenvalue weighted by Gasteiger charge is -2.25. The Morgan fingerprint density at radius 1 is 1.19 bits per heavy atom. The summed E-state index contributed by atoms with van der Waals surface area (Å²) < 4.78 is 46.8. The number of nitrogens with zero attached hydrogens (tertiary/aromatic N) is 3.